The Labute approximate surface area is 188 Å². The number of anilines is 1. The summed E-state index contributed by atoms with van der Waals surface area (Å²) >= 11 is 5.98. The highest BCUT2D eigenvalue weighted by Crippen LogP contribution is 2.30. The molecule has 0 atom stereocenters. The van der Waals surface area contributed by atoms with Crippen LogP contribution in [0.1, 0.15) is 29.6 Å². The molecule has 0 aliphatic carbocycles. The molecule has 1 aliphatic heterocycles. The van der Waals surface area contributed by atoms with Gasteiger partial charge >= 0.3 is 0 Å². The average Bonchev–Trinajstić information content (AvgIpc) is 2.75. The molecule has 9 heteroatoms. The van der Waals surface area contributed by atoms with Crippen LogP contribution in [0.15, 0.2) is 47.4 Å². The molecule has 2 aromatic rings. The Morgan fingerprint density at radius 2 is 1.94 bits per heavy atom. The molecule has 2 aromatic carbocycles. The smallest absolute Gasteiger partial charge is 0.262 e. The van der Waals surface area contributed by atoms with E-state index in [1.807, 2.05) is 0 Å². The minimum absolute atomic E-state index is 0.0162. The lowest BCUT2D eigenvalue weighted by Crippen LogP contribution is -2.32. The Hall–Kier alpha value is -2.29. The zero-order valence-electron chi connectivity index (χ0n) is 17.7. The predicted molar refractivity (Wildman–Crippen MR) is 122 cm³/mol. The largest absolute Gasteiger partial charge is 0.495 e. The maximum Gasteiger partial charge on any atom is 0.262 e. The minimum Gasteiger partial charge on any atom is -0.495 e. The van der Waals surface area contributed by atoms with Crippen molar-refractivity contribution >= 4 is 33.2 Å². The molecule has 2 N–H and O–H groups in total. The number of benzene rings is 2. The van der Waals surface area contributed by atoms with E-state index in [0.29, 0.717) is 28.8 Å². The fourth-order valence-corrected chi connectivity index (χ4v) is 4.89. The number of piperidine rings is 1. The molecule has 0 saturated carbocycles. The van der Waals surface area contributed by atoms with Crippen molar-refractivity contribution in [2.75, 3.05) is 38.5 Å². The van der Waals surface area contributed by atoms with Crippen molar-refractivity contribution in [1.29, 1.82) is 0 Å². The molecular weight excluding hydrogens is 438 g/mol. The molecule has 1 saturated heterocycles. The van der Waals surface area contributed by atoms with Crippen LogP contribution in [0.3, 0.4) is 0 Å². The summed E-state index contributed by atoms with van der Waals surface area (Å²) in [5.41, 5.74) is 0.521. The third-order valence-corrected chi connectivity index (χ3v) is 7.09. The van der Waals surface area contributed by atoms with Gasteiger partial charge in [0.25, 0.3) is 15.9 Å². The molecule has 0 unspecified atom stereocenters. The van der Waals surface area contributed by atoms with Gasteiger partial charge < -0.3 is 15.0 Å². The Bertz CT molecular complexity index is 1020. The molecule has 1 heterocycles. The van der Waals surface area contributed by atoms with Crippen LogP contribution in [-0.2, 0) is 10.0 Å². The van der Waals surface area contributed by atoms with E-state index in [0.717, 1.165) is 32.4 Å². The summed E-state index contributed by atoms with van der Waals surface area (Å²) in [6.07, 6.45) is 3.20. The molecule has 0 radical (unpaired) electrons. The minimum atomic E-state index is -3.93. The lowest BCUT2D eigenvalue weighted by Gasteiger charge is -2.28. The number of methoxy groups -OCH3 is 1. The third-order valence-electron chi connectivity index (χ3n) is 5.49. The van der Waals surface area contributed by atoms with E-state index in [4.69, 9.17) is 16.3 Å². The van der Waals surface area contributed by atoms with Crippen molar-refractivity contribution in [2.24, 2.45) is 5.92 Å². The molecule has 0 spiro atoms. The van der Waals surface area contributed by atoms with Crippen LogP contribution < -0.4 is 14.8 Å². The first-order valence-corrected chi connectivity index (χ1v) is 12.1. The van der Waals surface area contributed by atoms with Gasteiger partial charge in [0.05, 0.1) is 17.7 Å². The van der Waals surface area contributed by atoms with Crippen molar-refractivity contribution in [3.63, 3.8) is 0 Å². The summed E-state index contributed by atoms with van der Waals surface area (Å²) in [5.74, 6) is 0.668. The predicted octanol–water partition coefficient (Wildman–Crippen LogP) is 3.61. The van der Waals surface area contributed by atoms with E-state index in [1.54, 1.807) is 24.3 Å². The fraction of sp³-hybridized carbons (Fsp3) is 0.409. The van der Waals surface area contributed by atoms with Gasteiger partial charge in [-0.15, -0.1) is 0 Å². The molecule has 1 fully saturated rings. The van der Waals surface area contributed by atoms with Gasteiger partial charge in [-0.1, -0.05) is 17.7 Å². The highest BCUT2D eigenvalue weighted by Gasteiger charge is 2.20. The SMILES string of the molecule is COc1ccc(Cl)cc1NS(=O)(=O)c1cccc(C(=O)NCCC2CCN(C)CC2)c1. The van der Waals surface area contributed by atoms with Crippen LogP contribution in [0.5, 0.6) is 5.75 Å². The van der Waals surface area contributed by atoms with Crippen LogP contribution in [0.2, 0.25) is 5.02 Å². The number of halogens is 1. The van der Waals surface area contributed by atoms with Crippen molar-refractivity contribution in [2.45, 2.75) is 24.2 Å². The van der Waals surface area contributed by atoms with Gasteiger partial charge in [-0.3, -0.25) is 9.52 Å². The highest BCUT2D eigenvalue weighted by atomic mass is 35.5. The Morgan fingerprint density at radius 3 is 2.65 bits per heavy atom. The molecular formula is C22H28ClN3O4S. The van der Waals surface area contributed by atoms with Crippen LogP contribution in [0.4, 0.5) is 5.69 Å². The Balaban J connectivity index is 1.64. The molecule has 0 aromatic heterocycles. The monoisotopic (exact) mass is 465 g/mol. The number of ether oxygens (including phenoxy) is 1. The summed E-state index contributed by atoms with van der Waals surface area (Å²) < 4.78 is 33.4. The fourth-order valence-electron chi connectivity index (χ4n) is 3.61. The molecule has 7 nitrogen and oxygen atoms in total. The quantitative estimate of drug-likeness (QED) is 0.621. The second-order valence-corrected chi connectivity index (χ2v) is 9.89. The number of nitrogens with one attached hydrogen (secondary N) is 2. The van der Waals surface area contributed by atoms with Crippen molar-refractivity contribution < 1.29 is 17.9 Å². The average molecular weight is 466 g/mol. The van der Waals surface area contributed by atoms with Crippen molar-refractivity contribution in [1.82, 2.24) is 10.2 Å². The molecule has 3 rings (SSSR count). The first kappa shape index (κ1) is 23.4. The highest BCUT2D eigenvalue weighted by molar-refractivity contribution is 7.92. The number of rotatable bonds is 8. The maximum absolute atomic E-state index is 12.9. The van der Waals surface area contributed by atoms with E-state index in [1.165, 1.54) is 25.3 Å². The number of carbonyl (C=O) groups excluding carboxylic acids is 1. The summed E-state index contributed by atoms with van der Waals surface area (Å²) in [6, 6.07) is 10.6. The number of sulfonamides is 1. The second kappa shape index (κ2) is 10.3. The van der Waals surface area contributed by atoms with E-state index >= 15 is 0 Å². The summed E-state index contributed by atoms with van der Waals surface area (Å²) in [6.45, 7) is 2.74. The zero-order valence-corrected chi connectivity index (χ0v) is 19.3. The number of amides is 1. The van der Waals surface area contributed by atoms with Gasteiger partial charge in [-0.25, -0.2) is 8.42 Å². The molecule has 31 heavy (non-hydrogen) atoms. The molecule has 0 bridgehead atoms. The van der Waals surface area contributed by atoms with Gasteiger partial charge in [-0.2, -0.15) is 0 Å². The number of likely N-dealkylation sites (tertiary alicyclic amines) is 1. The van der Waals surface area contributed by atoms with Crippen molar-refractivity contribution in [3.05, 3.63) is 53.1 Å². The van der Waals surface area contributed by atoms with Gasteiger partial charge in [-0.05, 0) is 81.7 Å². The van der Waals surface area contributed by atoms with Crippen molar-refractivity contribution in [3.8, 4) is 5.75 Å². The van der Waals surface area contributed by atoms with Gasteiger partial charge in [0.2, 0.25) is 0 Å². The standard InChI is InChI=1S/C22H28ClN3O4S/c1-26-12-9-16(10-13-26)8-11-24-22(27)17-4-3-5-19(14-17)31(28,29)25-20-15-18(23)6-7-21(20)30-2/h3-7,14-16,25H,8-13H2,1-2H3,(H,24,27). The van der Waals surface area contributed by atoms with E-state index in [-0.39, 0.29) is 16.5 Å². The first-order valence-electron chi connectivity index (χ1n) is 10.2. The maximum atomic E-state index is 12.9. The lowest BCUT2D eigenvalue weighted by atomic mass is 9.94. The molecule has 168 valence electrons. The molecule has 1 amide bonds. The Morgan fingerprint density at radius 1 is 1.19 bits per heavy atom. The second-order valence-electron chi connectivity index (χ2n) is 7.77. The van der Waals surface area contributed by atoms with E-state index in [9.17, 15) is 13.2 Å². The lowest BCUT2D eigenvalue weighted by molar-refractivity contribution is 0.0948. The van der Waals surface area contributed by atoms with Gasteiger partial charge in [0, 0.05) is 17.1 Å². The van der Waals surface area contributed by atoms with E-state index < -0.39 is 10.0 Å². The number of nitrogens with zero attached hydrogens (tertiary/aromatic N) is 1. The third kappa shape index (κ3) is 6.35. The van der Waals surface area contributed by atoms with Gasteiger partial charge in [0.1, 0.15) is 5.75 Å². The number of carbonyl (C=O) groups is 1. The number of hydrogen-bond donors (Lipinski definition) is 2. The Kier molecular flexibility index (Phi) is 7.80. The normalized spacial score (nSPS) is 15.5. The van der Waals surface area contributed by atoms with Crippen LogP contribution in [0, 0.1) is 5.92 Å². The summed E-state index contributed by atoms with van der Waals surface area (Å²) in [7, 11) is -0.371. The zero-order chi connectivity index (χ0) is 22.4. The topological polar surface area (TPSA) is 87.7 Å². The van der Waals surface area contributed by atoms with Crippen LogP contribution in [0.25, 0.3) is 0 Å². The summed E-state index contributed by atoms with van der Waals surface area (Å²) in [4.78, 5) is 14.8. The number of hydrogen-bond acceptors (Lipinski definition) is 5. The van der Waals surface area contributed by atoms with Gasteiger partial charge in [0.15, 0.2) is 0 Å². The molecule has 1 aliphatic rings. The first-order chi connectivity index (χ1) is 14.8. The van der Waals surface area contributed by atoms with Crippen LogP contribution >= 0.6 is 11.6 Å². The van der Waals surface area contributed by atoms with Crippen LogP contribution in [-0.4, -0.2) is 53.0 Å². The van der Waals surface area contributed by atoms with E-state index in [2.05, 4.69) is 22.0 Å². The summed E-state index contributed by atoms with van der Waals surface area (Å²) in [5, 5.41) is 3.28.